The van der Waals surface area contributed by atoms with Crippen molar-refractivity contribution >= 4 is 11.5 Å². The minimum absolute atomic E-state index is 0.186. The van der Waals surface area contributed by atoms with E-state index in [0.29, 0.717) is 6.07 Å². The molecule has 0 amide bonds. The third-order valence-electron chi connectivity index (χ3n) is 2.63. The molecule has 0 spiro atoms. The Morgan fingerprint density at radius 3 is 2.44 bits per heavy atom. The van der Waals surface area contributed by atoms with E-state index >= 15 is 0 Å². The van der Waals surface area contributed by atoms with E-state index in [9.17, 15) is 13.6 Å². The molecular weight excluding hydrogens is 236 g/mol. The minimum Gasteiger partial charge on any atom is -0.398 e. The maximum Gasteiger partial charge on any atom is 0.198 e. The van der Waals surface area contributed by atoms with Crippen molar-refractivity contribution in [2.24, 2.45) is 0 Å². The first-order chi connectivity index (χ1) is 8.49. The monoisotopic (exact) mass is 247 g/mol. The molecule has 0 unspecified atom stereocenters. The number of benzene rings is 2. The Balaban J connectivity index is 2.51. The van der Waals surface area contributed by atoms with Crippen molar-refractivity contribution in [3.63, 3.8) is 0 Å². The highest BCUT2D eigenvalue weighted by molar-refractivity contribution is 6.12. The molecule has 0 radical (unpaired) electrons. The summed E-state index contributed by atoms with van der Waals surface area (Å²) in [5.74, 6) is -2.16. The van der Waals surface area contributed by atoms with Gasteiger partial charge in [-0.2, -0.15) is 0 Å². The number of hydrogen-bond acceptors (Lipinski definition) is 2. The number of halogens is 2. The molecule has 4 heteroatoms. The van der Waals surface area contributed by atoms with Gasteiger partial charge in [0.15, 0.2) is 5.78 Å². The van der Waals surface area contributed by atoms with Crippen LogP contribution in [0, 0.1) is 18.6 Å². The summed E-state index contributed by atoms with van der Waals surface area (Å²) in [6.45, 7) is 1.80. The van der Waals surface area contributed by atoms with Crippen molar-refractivity contribution < 1.29 is 13.6 Å². The van der Waals surface area contributed by atoms with E-state index < -0.39 is 17.4 Å². The summed E-state index contributed by atoms with van der Waals surface area (Å²) in [6, 6.07) is 7.77. The Hall–Kier alpha value is -2.23. The third kappa shape index (κ3) is 2.22. The second-order valence-corrected chi connectivity index (χ2v) is 4.04. The second-order valence-electron chi connectivity index (χ2n) is 4.04. The highest BCUT2D eigenvalue weighted by Gasteiger charge is 2.16. The molecule has 18 heavy (non-hydrogen) atoms. The average Bonchev–Trinajstić information content (AvgIpc) is 2.31. The van der Waals surface area contributed by atoms with Crippen molar-refractivity contribution in [1.82, 2.24) is 0 Å². The molecule has 0 saturated heterocycles. The first-order valence-corrected chi connectivity index (χ1v) is 5.35. The molecule has 2 nitrogen and oxygen atoms in total. The molecule has 92 valence electrons. The van der Waals surface area contributed by atoms with Gasteiger partial charge in [-0.1, -0.05) is 11.6 Å². The van der Waals surface area contributed by atoms with E-state index in [1.54, 1.807) is 25.1 Å². The molecular formula is C14H11F2NO. The summed E-state index contributed by atoms with van der Waals surface area (Å²) < 4.78 is 26.3. The van der Waals surface area contributed by atoms with E-state index in [0.717, 1.165) is 17.7 Å². The fraction of sp³-hybridized carbons (Fsp3) is 0.0714. The van der Waals surface area contributed by atoms with Crippen LogP contribution in [0.3, 0.4) is 0 Å². The molecule has 0 fully saturated rings. The number of carbonyl (C=O) groups excluding carboxylic acids is 1. The van der Waals surface area contributed by atoms with Crippen molar-refractivity contribution in [3.05, 3.63) is 64.7 Å². The first kappa shape index (κ1) is 12.2. The van der Waals surface area contributed by atoms with E-state index in [4.69, 9.17) is 5.73 Å². The fourth-order valence-corrected chi connectivity index (χ4v) is 1.69. The fourth-order valence-electron chi connectivity index (χ4n) is 1.69. The predicted octanol–water partition coefficient (Wildman–Crippen LogP) is 3.09. The highest BCUT2D eigenvalue weighted by atomic mass is 19.1. The largest absolute Gasteiger partial charge is 0.398 e. The molecule has 0 aliphatic rings. The Bertz CT molecular complexity index is 623. The van der Waals surface area contributed by atoms with Gasteiger partial charge in [-0.25, -0.2) is 8.78 Å². The second kappa shape index (κ2) is 4.56. The maximum atomic E-state index is 13.5. The highest BCUT2D eigenvalue weighted by Crippen LogP contribution is 2.20. The molecule has 0 heterocycles. The number of nitrogen functional groups attached to an aromatic ring is 1. The van der Waals surface area contributed by atoms with Crippen LogP contribution in [0.15, 0.2) is 36.4 Å². The normalized spacial score (nSPS) is 10.4. The number of aryl methyl sites for hydroxylation is 1. The smallest absolute Gasteiger partial charge is 0.198 e. The van der Waals surface area contributed by atoms with Gasteiger partial charge in [-0.15, -0.1) is 0 Å². The quantitative estimate of drug-likeness (QED) is 0.654. The SMILES string of the molecule is Cc1ccc(N)c(C(=O)c2ccc(F)cc2F)c1. The van der Waals surface area contributed by atoms with Crippen molar-refractivity contribution in [2.45, 2.75) is 6.92 Å². The lowest BCUT2D eigenvalue weighted by molar-refractivity contribution is 0.103. The number of anilines is 1. The van der Waals surface area contributed by atoms with Crippen LogP contribution in [0.2, 0.25) is 0 Å². The summed E-state index contributed by atoms with van der Waals surface area (Å²) >= 11 is 0. The number of nitrogens with two attached hydrogens (primary N) is 1. The summed E-state index contributed by atoms with van der Waals surface area (Å²) in [5, 5.41) is 0. The standard InChI is InChI=1S/C14H11F2NO/c1-8-2-5-13(17)11(6-8)14(18)10-4-3-9(15)7-12(10)16/h2-7H,17H2,1H3. The molecule has 2 aromatic carbocycles. The van der Waals surface area contributed by atoms with Gasteiger partial charge in [0.1, 0.15) is 11.6 Å². The topological polar surface area (TPSA) is 43.1 Å². The third-order valence-corrected chi connectivity index (χ3v) is 2.63. The van der Waals surface area contributed by atoms with Gasteiger partial charge in [0, 0.05) is 17.3 Å². The maximum absolute atomic E-state index is 13.5. The Kier molecular flexibility index (Phi) is 3.10. The predicted molar refractivity (Wildman–Crippen MR) is 65.4 cm³/mol. The van der Waals surface area contributed by atoms with E-state index in [-0.39, 0.29) is 16.8 Å². The zero-order valence-corrected chi connectivity index (χ0v) is 9.71. The molecule has 2 N–H and O–H groups in total. The zero-order valence-electron chi connectivity index (χ0n) is 9.71. The van der Waals surface area contributed by atoms with Crippen LogP contribution < -0.4 is 5.73 Å². The van der Waals surface area contributed by atoms with E-state index in [2.05, 4.69) is 0 Å². The van der Waals surface area contributed by atoms with Gasteiger partial charge in [-0.3, -0.25) is 4.79 Å². The molecule has 0 aromatic heterocycles. The molecule has 0 aliphatic carbocycles. The summed E-state index contributed by atoms with van der Waals surface area (Å²) in [4.78, 5) is 12.1. The number of rotatable bonds is 2. The van der Waals surface area contributed by atoms with Crippen LogP contribution in [-0.4, -0.2) is 5.78 Å². The van der Waals surface area contributed by atoms with Gasteiger partial charge in [0.25, 0.3) is 0 Å². The minimum atomic E-state index is -0.888. The number of carbonyl (C=O) groups is 1. The van der Waals surface area contributed by atoms with Crippen LogP contribution in [0.5, 0.6) is 0 Å². The average molecular weight is 247 g/mol. The van der Waals surface area contributed by atoms with Gasteiger partial charge in [0.2, 0.25) is 0 Å². The zero-order chi connectivity index (χ0) is 13.3. The van der Waals surface area contributed by atoms with Crippen LogP contribution in [0.4, 0.5) is 14.5 Å². The van der Waals surface area contributed by atoms with Crippen molar-refractivity contribution in [2.75, 3.05) is 5.73 Å². The number of ketones is 1. The Labute approximate surface area is 103 Å². The van der Waals surface area contributed by atoms with Crippen LogP contribution in [0.1, 0.15) is 21.5 Å². The Morgan fingerprint density at radius 2 is 1.78 bits per heavy atom. The summed E-state index contributed by atoms with van der Waals surface area (Å²) in [5.41, 5.74) is 6.84. The molecule has 0 aliphatic heterocycles. The lowest BCUT2D eigenvalue weighted by Crippen LogP contribution is -2.08. The lowest BCUT2D eigenvalue weighted by Gasteiger charge is -2.07. The summed E-state index contributed by atoms with van der Waals surface area (Å²) in [7, 11) is 0. The lowest BCUT2D eigenvalue weighted by atomic mass is 9.99. The van der Waals surface area contributed by atoms with Gasteiger partial charge >= 0.3 is 0 Å². The number of hydrogen-bond donors (Lipinski definition) is 1. The molecule has 2 aromatic rings. The Morgan fingerprint density at radius 1 is 1.06 bits per heavy atom. The molecule has 0 atom stereocenters. The molecule has 0 bridgehead atoms. The van der Waals surface area contributed by atoms with Gasteiger partial charge in [-0.05, 0) is 31.2 Å². The van der Waals surface area contributed by atoms with Gasteiger partial charge in [0.05, 0.1) is 5.56 Å². The molecule has 0 saturated carbocycles. The molecule has 2 rings (SSSR count). The first-order valence-electron chi connectivity index (χ1n) is 5.35. The summed E-state index contributed by atoms with van der Waals surface area (Å²) in [6.07, 6.45) is 0. The van der Waals surface area contributed by atoms with Gasteiger partial charge < -0.3 is 5.73 Å². The van der Waals surface area contributed by atoms with Crippen LogP contribution in [0.25, 0.3) is 0 Å². The van der Waals surface area contributed by atoms with Crippen LogP contribution >= 0.6 is 0 Å². The van der Waals surface area contributed by atoms with Crippen molar-refractivity contribution in [3.8, 4) is 0 Å². The van der Waals surface area contributed by atoms with E-state index in [1.807, 2.05) is 0 Å². The van der Waals surface area contributed by atoms with Crippen LogP contribution in [-0.2, 0) is 0 Å². The van der Waals surface area contributed by atoms with Crippen molar-refractivity contribution in [1.29, 1.82) is 0 Å². The van der Waals surface area contributed by atoms with E-state index in [1.165, 1.54) is 0 Å².